The van der Waals surface area contributed by atoms with E-state index < -0.39 is 9.84 Å². The summed E-state index contributed by atoms with van der Waals surface area (Å²) in [4.78, 5) is 12.7. The quantitative estimate of drug-likeness (QED) is 0.450. The Kier molecular flexibility index (Phi) is 5.46. The molecule has 0 aliphatic carbocycles. The molecule has 0 unspecified atom stereocenters. The summed E-state index contributed by atoms with van der Waals surface area (Å²) in [5.74, 6) is -0.290. The molecule has 4 aromatic carbocycles. The van der Waals surface area contributed by atoms with E-state index in [4.69, 9.17) is 0 Å². The van der Waals surface area contributed by atoms with Crippen molar-refractivity contribution >= 4 is 38.3 Å². The number of hydrogen-bond acceptors (Lipinski definition) is 3. The zero-order valence-electron chi connectivity index (χ0n) is 16.0. The number of hydrogen-bond donors (Lipinski definition) is 1. The minimum Gasteiger partial charge on any atom is -0.323 e. The molecular weight excluding hydrogens is 394 g/mol. The van der Waals surface area contributed by atoms with E-state index in [1.54, 1.807) is 48.5 Å². The van der Waals surface area contributed by atoms with Gasteiger partial charge in [-0.25, -0.2) is 8.42 Å². The molecule has 0 aliphatic heterocycles. The predicted molar refractivity (Wildman–Crippen MR) is 120 cm³/mol. The van der Waals surface area contributed by atoms with Crippen molar-refractivity contribution in [1.29, 1.82) is 0 Å². The van der Waals surface area contributed by atoms with Gasteiger partial charge in [-0.05, 0) is 64.9 Å². The van der Waals surface area contributed by atoms with E-state index in [1.807, 2.05) is 42.5 Å². The fourth-order valence-corrected chi connectivity index (χ4v) is 4.40. The number of rotatable bonds is 5. The number of benzene rings is 4. The van der Waals surface area contributed by atoms with Crippen LogP contribution in [0.1, 0.15) is 5.56 Å². The van der Waals surface area contributed by atoms with Gasteiger partial charge in [0.2, 0.25) is 15.7 Å². The molecule has 0 atom stereocenters. The lowest BCUT2D eigenvalue weighted by atomic mass is 10.1. The van der Waals surface area contributed by atoms with Crippen molar-refractivity contribution in [2.24, 2.45) is 0 Å². The van der Waals surface area contributed by atoms with Gasteiger partial charge in [-0.1, -0.05) is 54.6 Å². The molecule has 30 heavy (non-hydrogen) atoms. The van der Waals surface area contributed by atoms with Gasteiger partial charge in [0.25, 0.3) is 0 Å². The lowest BCUT2D eigenvalue weighted by Crippen LogP contribution is -2.08. The Balaban J connectivity index is 1.45. The van der Waals surface area contributed by atoms with Crippen molar-refractivity contribution in [3.63, 3.8) is 0 Å². The number of amides is 1. The average molecular weight is 413 g/mol. The van der Waals surface area contributed by atoms with Gasteiger partial charge < -0.3 is 5.32 Å². The predicted octanol–water partition coefficient (Wildman–Crippen LogP) is 5.32. The standard InChI is InChI=1S/C25H19NO3S/c27-25(17-11-19-10-12-20-6-4-5-7-21(20)18-19)26-22-13-15-24(16-14-22)30(28,29)23-8-2-1-3-9-23/h1-18H,(H,26,27)/b17-11+. The second kappa shape index (κ2) is 8.35. The van der Waals surface area contributed by atoms with Crippen LogP contribution in [0.2, 0.25) is 0 Å². The van der Waals surface area contributed by atoms with Crippen molar-refractivity contribution in [2.75, 3.05) is 5.32 Å². The summed E-state index contributed by atoms with van der Waals surface area (Å²) in [6, 6.07) is 28.4. The number of anilines is 1. The molecule has 0 fully saturated rings. The minimum atomic E-state index is -3.58. The summed E-state index contributed by atoms with van der Waals surface area (Å²) in [5, 5.41) is 5.00. The van der Waals surface area contributed by atoms with E-state index in [0.29, 0.717) is 5.69 Å². The molecule has 0 radical (unpaired) electrons. The zero-order chi connectivity index (χ0) is 21.0. The van der Waals surface area contributed by atoms with E-state index in [0.717, 1.165) is 16.3 Å². The molecule has 4 aromatic rings. The molecule has 5 heteroatoms. The molecule has 0 spiro atoms. The van der Waals surface area contributed by atoms with Gasteiger partial charge in [-0.15, -0.1) is 0 Å². The van der Waals surface area contributed by atoms with Crippen LogP contribution in [0.25, 0.3) is 16.8 Å². The molecule has 0 saturated carbocycles. The molecular formula is C25H19NO3S. The van der Waals surface area contributed by atoms with Crippen LogP contribution in [0.3, 0.4) is 0 Å². The number of sulfone groups is 1. The second-order valence-electron chi connectivity index (χ2n) is 6.77. The highest BCUT2D eigenvalue weighted by Gasteiger charge is 2.16. The van der Waals surface area contributed by atoms with Crippen LogP contribution in [0, 0.1) is 0 Å². The minimum absolute atomic E-state index is 0.179. The lowest BCUT2D eigenvalue weighted by Gasteiger charge is -2.06. The topological polar surface area (TPSA) is 63.2 Å². The number of fused-ring (bicyclic) bond motifs is 1. The van der Waals surface area contributed by atoms with Crippen LogP contribution in [0.15, 0.2) is 113 Å². The summed E-state index contributed by atoms with van der Waals surface area (Å²) in [6.07, 6.45) is 3.20. The van der Waals surface area contributed by atoms with Crippen LogP contribution in [0.4, 0.5) is 5.69 Å². The van der Waals surface area contributed by atoms with Crippen LogP contribution in [0.5, 0.6) is 0 Å². The van der Waals surface area contributed by atoms with Gasteiger partial charge in [0.1, 0.15) is 0 Å². The van der Waals surface area contributed by atoms with Gasteiger partial charge in [0.05, 0.1) is 9.79 Å². The first-order valence-corrected chi connectivity index (χ1v) is 10.9. The molecule has 1 amide bonds. The van der Waals surface area contributed by atoms with Gasteiger partial charge in [0.15, 0.2) is 0 Å². The van der Waals surface area contributed by atoms with Crippen molar-refractivity contribution in [3.05, 3.63) is 109 Å². The smallest absolute Gasteiger partial charge is 0.248 e. The van der Waals surface area contributed by atoms with Gasteiger partial charge >= 0.3 is 0 Å². The normalized spacial score (nSPS) is 11.6. The number of carbonyl (C=O) groups excluding carboxylic acids is 1. The highest BCUT2D eigenvalue weighted by atomic mass is 32.2. The van der Waals surface area contributed by atoms with Crippen molar-refractivity contribution < 1.29 is 13.2 Å². The maximum atomic E-state index is 12.6. The van der Waals surface area contributed by atoms with Crippen LogP contribution in [-0.2, 0) is 14.6 Å². The molecule has 148 valence electrons. The highest BCUT2D eigenvalue weighted by molar-refractivity contribution is 7.91. The van der Waals surface area contributed by atoms with Gasteiger partial charge in [-0.2, -0.15) is 0 Å². The summed E-state index contributed by atoms with van der Waals surface area (Å²) in [6.45, 7) is 0. The van der Waals surface area contributed by atoms with E-state index in [2.05, 4.69) is 5.32 Å². The second-order valence-corrected chi connectivity index (χ2v) is 8.72. The fourth-order valence-electron chi connectivity index (χ4n) is 3.12. The van der Waals surface area contributed by atoms with Crippen LogP contribution in [-0.4, -0.2) is 14.3 Å². The number of carbonyl (C=O) groups is 1. The number of nitrogens with one attached hydrogen (secondary N) is 1. The highest BCUT2D eigenvalue weighted by Crippen LogP contribution is 2.22. The molecule has 0 saturated heterocycles. The summed E-state index contributed by atoms with van der Waals surface area (Å²) in [5.41, 5.74) is 1.45. The fraction of sp³-hybridized carbons (Fsp3) is 0. The molecule has 1 N–H and O–H groups in total. The molecule has 0 aromatic heterocycles. The molecule has 4 nitrogen and oxygen atoms in total. The molecule has 0 heterocycles. The van der Waals surface area contributed by atoms with E-state index in [-0.39, 0.29) is 15.7 Å². The summed E-state index contributed by atoms with van der Waals surface area (Å²) in [7, 11) is -3.58. The lowest BCUT2D eigenvalue weighted by molar-refractivity contribution is -0.111. The average Bonchev–Trinajstić information content (AvgIpc) is 2.78. The largest absolute Gasteiger partial charge is 0.323 e. The molecule has 0 aliphatic rings. The maximum Gasteiger partial charge on any atom is 0.248 e. The first-order chi connectivity index (χ1) is 14.5. The van der Waals surface area contributed by atoms with Crippen LogP contribution < -0.4 is 5.32 Å². The molecule has 4 rings (SSSR count). The van der Waals surface area contributed by atoms with Crippen molar-refractivity contribution in [1.82, 2.24) is 0 Å². The van der Waals surface area contributed by atoms with E-state index in [1.165, 1.54) is 18.2 Å². The zero-order valence-corrected chi connectivity index (χ0v) is 16.8. The van der Waals surface area contributed by atoms with Gasteiger partial charge in [-0.3, -0.25) is 4.79 Å². The SMILES string of the molecule is O=C(/C=C/c1ccc2ccccc2c1)Nc1ccc(S(=O)(=O)c2ccccc2)cc1. The Bertz CT molecular complexity index is 1330. The molecule has 0 bridgehead atoms. The maximum absolute atomic E-state index is 12.6. The third-order valence-electron chi connectivity index (χ3n) is 4.69. The van der Waals surface area contributed by atoms with Crippen molar-refractivity contribution in [3.8, 4) is 0 Å². The third kappa shape index (κ3) is 4.31. The first kappa shape index (κ1) is 19.6. The Hall–Kier alpha value is -3.70. The van der Waals surface area contributed by atoms with E-state index in [9.17, 15) is 13.2 Å². The Morgan fingerprint density at radius 1 is 0.700 bits per heavy atom. The van der Waals surface area contributed by atoms with Crippen LogP contribution >= 0.6 is 0 Å². The first-order valence-electron chi connectivity index (χ1n) is 9.40. The monoisotopic (exact) mass is 413 g/mol. The van der Waals surface area contributed by atoms with Gasteiger partial charge in [0, 0.05) is 11.8 Å². The summed E-state index contributed by atoms with van der Waals surface area (Å²) < 4.78 is 25.2. The van der Waals surface area contributed by atoms with Crippen molar-refractivity contribution in [2.45, 2.75) is 9.79 Å². The van der Waals surface area contributed by atoms with E-state index >= 15 is 0 Å². The Morgan fingerprint density at radius 2 is 1.33 bits per heavy atom. The third-order valence-corrected chi connectivity index (χ3v) is 6.47. The summed E-state index contributed by atoms with van der Waals surface area (Å²) >= 11 is 0. The Morgan fingerprint density at radius 3 is 2.07 bits per heavy atom. The Labute approximate surface area is 175 Å².